The molecule has 2 heterocycles. The minimum Gasteiger partial charge on any atom is -0.507 e. The second kappa shape index (κ2) is 9.78. The summed E-state index contributed by atoms with van der Waals surface area (Å²) in [5.41, 5.74) is 4.60. The van der Waals surface area contributed by atoms with Crippen LogP contribution in [-0.4, -0.2) is 65.2 Å². The first-order chi connectivity index (χ1) is 18.2. The second-order valence-electron chi connectivity index (χ2n) is 10.0. The lowest BCUT2D eigenvalue weighted by molar-refractivity contribution is -0.132. The Labute approximate surface area is 222 Å². The Morgan fingerprint density at radius 1 is 0.895 bits per heavy atom. The number of likely N-dealkylation sites (N-methyl/N-ethyl adjacent to an activating group) is 1. The van der Waals surface area contributed by atoms with E-state index in [4.69, 9.17) is 4.74 Å². The van der Waals surface area contributed by atoms with Crippen molar-refractivity contribution in [2.45, 2.75) is 6.04 Å². The molecule has 0 spiro atoms. The first kappa shape index (κ1) is 25.2. The predicted molar refractivity (Wildman–Crippen MR) is 152 cm³/mol. The minimum atomic E-state index is -0.790. The molecule has 2 aliphatic heterocycles. The summed E-state index contributed by atoms with van der Waals surface area (Å²) in [4.78, 5) is 34.5. The maximum atomic E-state index is 13.5. The Bertz CT molecular complexity index is 1410. The van der Waals surface area contributed by atoms with Gasteiger partial charge in [0, 0.05) is 57.9 Å². The molecule has 1 N–H and O–H groups in total. The van der Waals surface area contributed by atoms with Gasteiger partial charge >= 0.3 is 0 Å². The van der Waals surface area contributed by atoms with Gasteiger partial charge in [0.1, 0.15) is 18.1 Å². The zero-order valence-corrected chi connectivity index (χ0v) is 22.3. The molecule has 196 valence electrons. The average Bonchev–Trinajstić information content (AvgIpc) is 3.18. The van der Waals surface area contributed by atoms with Gasteiger partial charge in [0.25, 0.3) is 11.7 Å². The Morgan fingerprint density at radius 2 is 1.50 bits per heavy atom. The number of fused-ring (bicyclic) bond motifs is 1. The number of carbonyl (C=O) groups excluding carboxylic acids is 2. The SMILES string of the molecule is CN(C)c1ccc(C2/C(=C(/O)c3ccc4c(c3)N(C)CCO4)C(=O)C(=O)N2c2ccc(N(C)C)cc2)cc1. The van der Waals surface area contributed by atoms with Crippen LogP contribution in [0, 0.1) is 0 Å². The number of hydrogen-bond acceptors (Lipinski definition) is 7. The van der Waals surface area contributed by atoms with E-state index in [2.05, 4.69) is 0 Å². The number of rotatable bonds is 5. The van der Waals surface area contributed by atoms with Crippen LogP contribution in [-0.2, 0) is 9.59 Å². The molecule has 38 heavy (non-hydrogen) atoms. The van der Waals surface area contributed by atoms with Crippen molar-refractivity contribution in [2.75, 3.05) is 68.0 Å². The van der Waals surface area contributed by atoms with Crippen LogP contribution in [0.4, 0.5) is 22.7 Å². The van der Waals surface area contributed by atoms with Crippen molar-refractivity contribution in [1.29, 1.82) is 0 Å². The van der Waals surface area contributed by atoms with E-state index >= 15 is 0 Å². The number of amides is 1. The molecule has 1 saturated heterocycles. The normalized spacial score (nSPS) is 18.3. The van der Waals surface area contributed by atoms with Crippen molar-refractivity contribution in [3.8, 4) is 5.75 Å². The number of hydrogen-bond donors (Lipinski definition) is 1. The Kier molecular flexibility index (Phi) is 6.48. The van der Waals surface area contributed by atoms with E-state index in [9.17, 15) is 14.7 Å². The van der Waals surface area contributed by atoms with E-state index in [1.165, 1.54) is 4.90 Å². The molecule has 8 nitrogen and oxygen atoms in total. The number of carbonyl (C=O) groups is 2. The van der Waals surface area contributed by atoms with Gasteiger partial charge in [-0.25, -0.2) is 0 Å². The molecule has 3 aromatic carbocycles. The molecule has 0 radical (unpaired) electrons. The van der Waals surface area contributed by atoms with Gasteiger partial charge in [0.05, 0.1) is 23.8 Å². The number of benzene rings is 3. The number of nitrogens with zero attached hydrogens (tertiary/aromatic N) is 4. The van der Waals surface area contributed by atoms with Gasteiger partial charge in [-0.2, -0.15) is 0 Å². The van der Waals surface area contributed by atoms with Crippen LogP contribution in [0.5, 0.6) is 5.75 Å². The van der Waals surface area contributed by atoms with Gasteiger partial charge in [-0.3, -0.25) is 14.5 Å². The van der Waals surface area contributed by atoms with E-state index in [-0.39, 0.29) is 11.3 Å². The van der Waals surface area contributed by atoms with Crippen molar-refractivity contribution in [1.82, 2.24) is 0 Å². The highest BCUT2D eigenvalue weighted by Gasteiger charge is 2.47. The highest BCUT2D eigenvalue weighted by Crippen LogP contribution is 2.43. The standard InChI is InChI=1S/C30H32N4O4/c1-31(2)21-9-6-19(7-10-21)27-26(28(35)20-8-15-25-24(18-20)33(5)16-17-38-25)29(36)30(37)34(27)23-13-11-22(12-14-23)32(3)4/h6-15,18,27,35H,16-17H2,1-5H3/b28-26-. The summed E-state index contributed by atoms with van der Waals surface area (Å²) >= 11 is 0. The zero-order valence-electron chi connectivity index (χ0n) is 22.3. The summed E-state index contributed by atoms with van der Waals surface area (Å²) in [6.45, 7) is 1.29. The van der Waals surface area contributed by atoms with Crippen LogP contribution < -0.4 is 24.3 Å². The highest BCUT2D eigenvalue weighted by atomic mass is 16.5. The van der Waals surface area contributed by atoms with Crippen LogP contribution in [0.2, 0.25) is 0 Å². The summed E-state index contributed by atoms with van der Waals surface area (Å²) in [5, 5.41) is 11.6. The molecule has 1 unspecified atom stereocenters. The quantitative estimate of drug-likeness (QED) is 0.311. The molecule has 5 rings (SSSR count). The summed E-state index contributed by atoms with van der Waals surface area (Å²) in [7, 11) is 9.73. The summed E-state index contributed by atoms with van der Waals surface area (Å²) in [5.74, 6) is -0.890. The van der Waals surface area contributed by atoms with E-state index < -0.39 is 17.7 Å². The van der Waals surface area contributed by atoms with Crippen LogP contribution >= 0.6 is 0 Å². The fraction of sp³-hybridized carbons (Fsp3) is 0.267. The lowest BCUT2D eigenvalue weighted by Crippen LogP contribution is -2.29. The van der Waals surface area contributed by atoms with E-state index in [1.807, 2.05) is 98.5 Å². The fourth-order valence-electron chi connectivity index (χ4n) is 4.93. The van der Waals surface area contributed by atoms with Crippen molar-refractivity contribution in [3.05, 3.63) is 83.4 Å². The first-order valence-corrected chi connectivity index (χ1v) is 12.5. The van der Waals surface area contributed by atoms with Gasteiger partial charge in [0.15, 0.2) is 0 Å². The average molecular weight is 513 g/mol. The number of anilines is 4. The Hall–Kier alpha value is -4.46. The lowest BCUT2D eigenvalue weighted by Gasteiger charge is -2.28. The van der Waals surface area contributed by atoms with Crippen LogP contribution in [0.15, 0.2) is 72.3 Å². The fourth-order valence-corrected chi connectivity index (χ4v) is 4.93. The van der Waals surface area contributed by atoms with E-state index in [0.29, 0.717) is 30.2 Å². The number of aliphatic hydroxyl groups is 1. The number of aliphatic hydroxyl groups excluding tert-OH is 1. The maximum absolute atomic E-state index is 13.5. The summed E-state index contributed by atoms with van der Waals surface area (Å²) in [6.07, 6.45) is 0. The molecule has 1 amide bonds. The van der Waals surface area contributed by atoms with Crippen molar-refractivity contribution in [2.24, 2.45) is 0 Å². The first-order valence-electron chi connectivity index (χ1n) is 12.5. The molecule has 0 bridgehead atoms. The zero-order chi connectivity index (χ0) is 27.1. The summed E-state index contributed by atoms with van der Waals surface area (Å²) < 4.78 is 5.74. The summed E-state index contributed by atoms with van der Waals surface area (Å²) in [6, 6.07) is 19.7. The van der Waals surface area contributed by atoms with E-state index in [1.54, 1.807) is 18.2 Å². The number of ketones is 1. The molecule has 3 aromatic rings. The third-order valence-electron chi connectivity index (χ3n) is 7.14. The molecule has 0 aliphatic carbocycles. The molecule has 0 aromatic heterocycles. The van der Waals surface area contributed by atoms with Gasteiger partial charge in [-0.05, 0) is 60.2 Å². The van der Waals surface area contributed by atoms with Crippen LogP contribution in [0.3, 0.4) is 0 Å². The Balaban J connectivity index is 1.67. The van der Waals surface area contributed by atoms with Crippen molar-refractivity contribution < 1.29 is 19.4 Å². The molecule has 1 fully saturated rings. The molecule has 1 atom stereocenters. The highest BCUT2D eigenvalue weighted by molar-refractivity contribution is 6.51. The smallest absolute Gasteiger partial charge is 0.300 e. The van der Waals surface area contributed by atoms with E-state index in [0.717, 1.165) is 22.6 Å². The third kappa shape index (κ3) is 4.32. The van der Waals surface area contributed by atoms with Gasteiger partial charge in [0.2, 0.25) is 0 Å². The number of Topliss-reactive ketones (excluding diaryl/α,β-unsaturated/α-hetero) is 1. The molecular weight excluding hydrogens is 480 g/mol. The lowest BCUT2D eigenvalue weighted by atomic mass is 9.94. The van der Waals surface area contributed by atoms with Gasteiger partial charge < -0.3 is 24.5 Å². The molecule has 0 saturated carbocycles. The molecular formula is C30H32N4O4. The molecule has 2 aliphatic rings. The predicted octanol–water partition coefficient (Wildman–Crippen LogP) is 4.27. The number of ether oxygens (including phenoxy) is 1. The Morgan fingerprint density at radius 3 is 2.11 bits per heavy atom. The van der Waals surface area contributed by atoms with Crippen LogP contribution in [0.1, 0.15) is 17.2 Å². The van der Waals surface area contributed by atoms with Crippen LogP contribution in [0.25, 0.3) is 5.76 Å². The van der Waals surface area contributed by atoms with Gasteiger partial charge in [-0.15, -0.1) is 0 Å². The van der Waals surface area contributed by atoms with Crippen molar-refractivity contribution in [3.63, 3.8) is 0 Å². The second-order valence-corrected chi connectivity index (χ2v) is 10.0. The monoisotopic (exact) mass is 512 g/mol. The maximum Gasteiger partial charge on any atom is 0.300 e. The molecule has 8 heteroatoms. The topological polar surface area (TPSA) is 76.6 Å². The largest absolute Gasteiger partial charge is 0.507 e. The van der Waals surface area contributed by atoms with Crippen molar-refractivity contribution >= 4 is 40.2 Å². The third-order valence-corrected chi connectivity index (χ3v) is 7.14. The minimum absolute atomic E-state index is 0.0589. The van der Waals surface area contributed by atoms with Gasteiger partial charge in [-0.1, -0.05) is 12.1 Å².